The first kappa shape index (κ1) is 18.0. The number of nitrogens with one attached hydrogen (secondary N) is 1. The SMILES string of the molecule is CCOc1ccc(NS(=O)(=O)c2cc3c(=O)n(CC)nc(C)n3c2)cc1. The minimum Gasteiger partial charge on any atom is -0.494 e. The number of sulfonamides is 1. The van der Waals surface area contributed by atoms with Gasteiger partial charge in [0.1, 0.15) is 22.0 Å². The lowest BCUT2D eigenvalue weighted by Gasteiger charge is -2.08. The molecular formula is C17H20N4O4S. The van der Waals surface area contributed by atoms with E-state index in [-0.39, 0.29) is 16.0 Å². The summed E-state index contributed by atoms with van der Waals surface area (Å²) in [4.78, 5) is 12.4. The number of fused-ring (bicyclic) bond motifs is 1. The number of ether oxygens (including phenoxy) is 1. The van der Waals surface area contributed by atoms with Gasteiger partial charge in [0.25, 0.3) is 15.6 Å². The highest BCUT2D eigenvalue weighted by molar-refractivity contribution is 7.92. The van der Waals surface area contributed by atoms with Crippen LogP contribution in [0.3, 0.4) is 0 Å². The van der Waals surface area contributed by atoms with Gasteiger partial charge in [0.2, 0.25) is 0 Å². The van der Waals surface area contributed by atoms with E-state index in [9.17, 15) is 13.2 Å². The molecule has 0 spiro atoms. The zero-order valence-corrected chi connectivity index (χ0v) is 15.6. The first-order chi connectivity index (χ1) is 12.4. The topological polar surface area (TPSA) is 94.7 Å². The normalized spacial score (nSPS) is 11.7. The van der Waals surface area contributed by atoms with Crippen molar-refractivity contribution in [2.24, 2.45) is 0 Å². The fourth-order valence-corrected chi connectivity index (χ4v) is 3.71. The summed E-state index contributed by atoms with van der Waals surface area (Å²) >= 11 is 0. The van der Waals surface area contributed by atoms with Crippen LogP contribution >= 0.6 is 0 Å². The quantitative estimate of drug-likeness (QED) is 0.710. The number of aryl methyl sites for hydroxylation is 2. The van der Waals surface area contributed by atoms with E-state index in [0.29, 0.717) is 30.4 Å². The lowest BCUT2D eigenvalue weighted by molar-refractivity contribution is 0.340. The Balaban J connectivity index is 1.98. The molecule has 0 bridgehead atoms. The highest BCUT2D eigenvalue weighted by atomic mass is 32.2. The number of rotatable bonds is 6. The molecule has 3 rings (SSSR count). The third-order valence-electron chi connectivity index (χ3n) is 3.89. The molecule has 3 aromatic rings. The average molecular weight is 376 g/mol. The van der Waals surface area contributed by atoms with Crippen molar-refractivity contribution >= 4 is 21.2 Å². The van der Waals surface area contributed by atoms with Crippen LogP contribution < -0.4 is 15.0 Å². The molecule has 2 aromatic heterocycles. The van der Waals surface area contributed by atoms with Crippen molar-refractivity contribution in [1.29, 1.82) is 0 Å². The van der Waals surface area contributed by atoms with Gasteiger partial charge in [0.05, 0.1) is 6.61 Å². The third-order valence-corrected chi connectivity index (χ3v) is 5.24. The second-order valence-electron chi connectivity index (χ2n) is 5.66. The predicted molar refractivity (Wildman–Crippen MR) is 98.3 cm³/mol. The molecule has 0 aliphatic rings. The maximum Gasteiger partial charge on any atom is 0.291 e. The Labute approximate surface area is 151 Å². The highest BCUT2D eigenvalue weighted by Crippen LogP contribution is 2.21. The molecule has 8 nitrogen and oxygen atoms in total. The summed E-state index contributed by atoms with van der Waals surface area (Å²) in [5.41, 5.74) is 0.344. The lowest BCUT2D eigenvalue weighted by atomic mass is 10.3. The number of aromatic nitrogens is 3. The second-order valence-corrected chi connectivity index (χ2v) is 7.34. The molecule has 0 saturated carbocycles. The van der Waals surface area contributed by atoms with Crippen LogP contribution in [0.2, 0.25) is 0 Å². The number of anilines is 1. The summed E-state index contributed by atoms with van der Waals surface area (Å²) < 4.78 is 36.0. The van der Waals surface area contributed by atoms with Crippen molar-refractivity contribution in [3.05, 3.63) is 52.7 Å². The Kier molecular flexibility index (Phi) is 4.73. The van der Waals surface area contributed by atoms with Gasteiger partial charge in [0, 0.05) is 18.4 Å². The van der Waals surface area contributed by atoms with Crippen LogP contribution in [0.1, 0.15) is 19.7 Å². The van der Waals surface area contributed by atoms with Crippen LogP contribution in [-0.2, 0) is 16.6 Å². The smallest absolute Gasteiger partial charge is 0.291 e. The van der Waals surface area contributed by atoms with E-state index in [4.69, 9.17) is 4.74 Å². The van der Waals surface area contributed by atoms with E-state index in [1.807, 2.05) is 6.92 Å². The van der Waals surface area contributed by atoms with Gasteiger partial charge in [-0.3, -0.25) is 13.9 Å². The van der Waals surface area contributed by atoms with Crippen LogP contribution in [0, 0.1) is 6.92 Å². The molecule has 138 valence electrons. The minimum atomic E-state index is -3.84. The largest absolute Gasteiger partial charge is 0.494 e. The molecule has 0 amide bonds. The monoisotopic (exact) mass is 376 g/mol. The zero-order valence-electron chi connectivity index (χ0n) is 14.8. The van der Waals surface area contributed by atoms with Crippen LogP contribution in [0.4, 0.5) is 5.69 Å². The van der Waals surface area contributed by atoms with Crippen LogP contribution in [0.5, 0.6) is 5.75 Å². The summed E-state index contributed by atoms with van der Waals surface area (Å²) in [6, 6.07) is 7.97. The predicted octanol–water partition coefficient (Wildman–Crippen LogP) is 2.02. The molecule has 0 fully saturated rings. The molecule has 0 atom stereocenters. The van der Waals surface area contributed by atoms with Gasteiger partial charge in [-0.2, -0.15) is 5.10 Å². The summed E-state index contributed by atoms with van der Waals surface area (Å²) in [5, 5.41) is 4.16. The molecule has 0 unspecified atom stereocenters. The maximum atomic E-state index is 12.7. The van der Waals surface area contributed by atoms with Gasteiger partial charge in [0.15, 0.2) is 0 Å². The molecule has 0 aliphatic heterocycles. The van der Waals surface area contributed by atoms with E-state index >= 15 is 0 Å². The molecule has 1 aromatic carbocycles. The average Bonchev–Trinajstić information content (AvgIpc) is 3.07. The highest BCUT2D eigenvalue weighted by Gasteiger charge is 2.19. The third kappa shape index (κ3) is 3.30. The van der Waals surface area contributed by atoms with Crippen molar-refractivity contribution in [3.63, 3.8) is 0 Å². The molecule has 2 heterocycles. The van der Waals surface area contributed by atoms with Gasteiger partial charge < -0.3 is 4.74 Å². The zero-order chi connectivity index (χ0) is 18.9. The van der Waals surface area contributed by atoms with Crippen molar-refractivity contribution in [2.75, 3.05) is 11.3 Å². The van der Waals surface area contributed by atoms with Crippen molar-refractivity contribution < 1.29 is 13.2 Å². The summed E-state index contributed by atoms with van der Waals surface area (Å²) in [6.45, 7) is 6.34. The molecule has 9 heteroatoms. The van der Waals surface area contributed by atoms with Crippen LogP contribution in [0.25, 0.3) is 5.52 Å². The van der Waals surface area contributed by atoms with Crippen molar-refractivity contribution in [1.82, 2.24) is 14.2 Å². The fourth-order valence-electron chi connectivity index (χ4n) is 2.63. The van der Waals surface area contributed by atoms with Gasteiger partial charge >= 0.3 is 0 Å². The van der Waals surface area contributed by atoms with Gasteiger partial charge in [-0.15, -0.1) is 0 Å². The fraction of sp³-hybridized carbons (Fsp3) is 0.294. The van der Waals surface area contributed by atoms with E-state index in [1.54, 1.807) is 38.1 Å². The molecule has 0 aliphatic carbocycles. The van der Waals surface area contributed by atoms with Gasteiger partial charge in [-0.25, -0.2) is 13.1 Å². The number of hydrogen-bond donors (Lipinski definition) is 1. The Morgan fingerprint density at radius 1 is 1.19 bits per heavy atom. The number of hydrogen-bond acceptors (Lipinski definition) is 5. The Bertz CT molecular complexity index is 1100. The second kappa shape index (κ2) is 6.83. The Hall–Kier alpha value is -2.81. The molecule has 1 N–H and O–H groups in total. The molecule has 0 saturated heterocycles. The van der Waals surface area contributed by atoms with Crippen molar-refractivity contribution in [2.45, 2.75) is 32.2 Å². The summed E-state index contributed by atoms with van der Waals surface area (Å²) in [5.74, 6) is 1.19. The molecule has 26 heavy (non-hydrogen) atoms. The van der Waals surface area contributed by atoms with Gasteiger partial charge in [-0.05, 0) is 51.1 Å². The van der Waals surface area contributed by atoms with Crippen LogP contribution in [-0.4, -0.2) is 29.2 Å². The molecule has 0 radical (unpaired) electrons. The van der Waals surface area contributed by atoms with E-state index in [1.165, 1.54) is 21.3 Å². The van der Waals surface area contributed by atoms with Gasteiger partial charge in [-0.1, -0.05) is 0 Å². The first-order valence-corrected chi connectivity index (χ1v) is 9.69. The number of nitrogens with zero attached hydrogens (tertiary/aromatic N) is 3. The van der Waals surface area contributed by atoms with Crippen molar-refractivity contribution in [3.8, 4) is 5.75 Å². The summed E-state index contributed by atoms with van der Waals surface area (Å²) in [7, 11) is -3.84. The summed E-state index contributed by atoms with van der Waals surface area (Å²) in [6.07, 6.45) is 1.40. The standard InChI is InChI=1S/C17H20N4O4S/c1-4-21-17(22)16-10-15(11-20(16)12(3)18-21)26(23,24)19-13-6-8-14(9-7-13)25-5-2/h6-11,19H,4-5H2,1-3H3. The minimum absolute atomic E-state index is 0.00207. The van der Waals surface area contributed by atoms with E-state index in [0.717, 1.165) is 0 Å². The number of benzene rings is 1. The van der Waals surface area contributed by atoms with E-state index in [2.05, 4.69) is 9.82 Å². The Morgan fingerprint density at radius 3 is 2.50 bits per heavy atom. The molecular weight excluding hydrogens is 356 g/mol. The Morgan fingerprint density at radius 2 is 1.88 bits per heavy atom. The maximum absolute atomic E-state index is 12.7. The first-order valence-electron chi connectivity index (χ1n) is 8.21. The lowest BCUT2D eigenvalue weighted by Crippen LogP contribution is -2.25. The van der Waals surface area contributed by atoms with Crippen LogP contribution in [0.15, 0.2) is 46.2 Å². The van der Waals surface area contributed by atoms with E-state index < -0.39 is 10.0 Å².